The zero-order valence-corrected chi connectivity index (χ0v) is 18.1. The number of nitrogens with one attached hydrogen (secondary N) is 1. The van der Waals surface area contributed by atoms with Crippen LogP contribution in [-0.2, 0) is 6.42 Å². The molecule has 2 aromatic carbocycles. The van der Waals surface area contributed by atoms with Crippen molar-refractivity contribution in [3.05, 3.63) is 68.3 Å². The van der Waals surface area contributed by atoms with Gasteiger partial charge in [-0.2, -0.15) is 0 Å². The maximum atomic E-state index is 14.3. The third-order valence-electron chi connectivity index (χ3n) is 5.87. The highest BCUT2D eigenvalue weighted by Crippen LogP contribution is 2.31. The van der Waals surface area contributed by atoms with E-state index in [9.17, 15) is 18.7 Å². The average Bonchev–Trinajstić information content (AvgIpc) is 2.68. The van der Waals surface area contributed by atoms with Crippen molar-refractivity contribution < 1.29 is 18.7 Å². The van der Waals surface area contributed by atoms with Gasteiger partial charge < -0.3 is 15.3 Å². The molecule has 1 atom stereocenters. The number of aliphatic hydroxyl groups is 1. The minimum atomic E-state index is -0.918. The molecule has 0 bridgehead atoms. The van der Waals surface area contributed by atoms with E-state index in [0.29, 0.717) is 16.7 Å². The fraction of sp³-hybridized carbons (Fsp3) is 0.409. The van der Waals surface area contributed by atoms with Gasteiger partial charge in [0.2, 0.25) is 0 Å². The number of rotatable bonds is 4. The van der Waals surface area contributed by atoms with E-state index in [0.717, 1.165) is 29.4 Å². The Labute approximate surface area is 182 Å². The highest BCUT2D eigenvalue weighted by atomic mass is 127. The zero-order chi connectivity index (χ0) is 20.6. The molecule has 1 amide bonds. The zero-order valence-electron chi connectivity index (χ0n) is 15.9. The Bertz CT molecular complexity index is 925. The molecule has 2 aliphatic heterocycles. The average molecular weight is 512 g/mol. The molecular formula is C22H23F2IN2O2. The van der Waals surface area contributed by atoms with Crippen LogP contribution in [-0.4, -0.2) is 47.2 Å². The molecule has 154 valence electrons. The van der Waals surface area contributed by atoms with Gasteiger partial charge in [0, 0.05) is 21.6 Å². The predicted octanol–water partition coefficient (Wildman–Crippen LogP) is 3.49. The lowest BCUT2D eigenvalue weighted by atomic mass is 9.81. The van der Waals surface area contributed by atoms with Crippen LogP contribution in [0.5, 0.6) is 0 Å². The number of amides is 1. The Morgan fingerprint density at radius 2 is 1.97 bits per heavy atom. The summed E-state index contributed by atoms with van der Waals surface area (Å²) in [4.78, 5) is 14.6. The van der Waals surface area contributed by atoms with Gasteiger partial charge in [-0.25, -0.2) is 8.78 Å². The first kappa shape index (κ1) is 20.7. The first-order valence-corrected chi connectivity index (χ1v) is 10.9. The van der Waals surface area contributed by atoms with Crippen LogP contribution in [0.3, 0.4) is 0 Å². The van der Waals surface area contributed by atoms with Gasteiger partial charge in [-0.3, -0.25) is 4.79 Å². The van der Waals surface area contributed by atoms with Crippen molar-refractivity contribution in [1.29, 1.82) is 0 Å². The van der Waals surface area contributed by atoms with Gasteiger partial charge in [-0.1, -0.05) is 12.5 Å². The number of piperidine rings is 1. The molecule has 2 heterocycles. The lowest BCUT2D eigenvalue weighted by Crippen LogP contribution is -2.72. The Kier molecular flexibility index (Phi) is 5.90. The maximum Gasteiger partial charge on any atom is 0.254 e. The van der Waals surface area contributed by atoms with E-state index in [2.05, 4.69) is 5.32 Å². The van der Waals surface area contributed by atoms with Crippen LogP contribution in [0.4, 0.5) is 8.78 Å². The summed E-state index contributed by atoms with van der Waals surface area (Å²) in [5, 5.41) is 14.2. The molecule has 0 unspecified atom stereocenters. The first-order valence-electron chi connectivity index (χ1n) is 9.83. The number of halogens is 3. The van der Waals surface area contributed by atoms with Crippen molar-refractivity contribution in [1.82, 2.24) is 10.2 Å². The van der Waals surface area contributed by atoms with Crippen LogP contribution in [0, 0.1) is 15.2 Å². The van der Waals surface area contributed by atoms with Crippen molar-refractivity contribution in [3.8, 4) is 0 Å². The van der Waals surface area contributed by atoms with Crippen LogP contribution in [0.2, 0.25) is 0 Å². The van der Waals surface area contributed by atoms with E-state index >= 15 is 0 Å². The van der Waals surface area contributed by atoms with E-state index in [1.165, 1.54) is 24.3 Å². The fourth-order valence-corrected chi connectivity index (χ4v) is 4.70. The van der Waals surface area contributed by atoms with Crippen LogP contribution >= 0.6 is 22.6 Å². The molecule has 2 saturated heterocycles. The summed E-state index contributed by atoms with van der Waals surface area (Å²) in [7, 11) is 0. The second kappa shape index (κ2) is 8.28. The lowest BCUT2D eigenvalue weighted by Gasteiger charge is -2.51. The number of hydrogen-bond acceptors (Lipinski definition) is 3. The molecule has 0 saturated carbocycles. The van der Waals surface area contributed by atoms with Crippen molar-refractivity contribution in [2.45, 2.75) is 37.3 Å². The van der Waals surface area contributed by atoms with E-state index < -0.39 is 11.4 Å². The monoisotopic (exact) mass is 512 g/mol. The number of nitrogens with zero attached hydrogens (tertiary/aromatic N) is 1. The molecule has 0 spiro atoms. The Morgan fingerprint density at radius 3 is 2.66 bits per heavy atom. The smallest absolute Gasteiger partial charge is 0.254 e. The van der Waals surface area contributed by atoms with Gasteiger partial charge in [-0.15, -0.1) is 0 Å². The number of carbonyl (C=O) groups excluding carboxylic acids is 1. The molecule has 0 radical (unpaired) electrons. The Hall–Kier alpha value is -1.58. The van der Waals surface area contributed by atoms with Crippen molar-refractivity contribution in [3.63, 3.8) is 0 Å². The van der Waals surface area contributed by atoms with E-state index in [-0.39, 0.29) is 37.3 Å². The van der Waals surface area contributed by atoms with Crippen LogP contribution < -0.4 is 5.32 Å². The van der Waals surface area contributed by atoms with Crippen LogP contribution in [0.25, 0.3) is 0 Å². The maximum absolute atomic E-state index is 14.3. The normalized spacial score (nSPS) is 21.0. The summed E-state index contributed by atoms with van der Waals surface area (Å²) in [5.74, 6) is -1.10. The fourth-order valence-electron chi connectivity index (χ4n) is 4.25. The van der Waals surface area contributed by atoms with Crippen LogP contribution in [0.1, 0.15) is 40.7 Å². The SMILES string of the molecule is O=C(c1ccc(F)cc1Cc1ccc(I)cc1F)N1CC(O)([C@@H]2CCCCN2)C1. The van der Waals surface area contributed by atoms with Crippen molar-refractivity contribution in [2.24, 2.45) is 0 Å². The lowest BCUT2D eigenvalue weighted by molar-refractivity contribution is -0.108. The highest BCUT2D eigenvalue weighted by molar-refractivity contribution is 14.1. The molecule has 7 heteroatoms. The minimum Gasteiger partial charge on any atom is -0.385 e. The molecule has 2 N–H and O–H groups in total. The minimum absolute atomic E-state index is 0.00567. The van der Waals surface area contributed by atoms with E-state index in [4.69, 9.17) is 0 Å². The standard InChI is InChI=1S/C22H23F2IN2O2/c23-16-5-7-18(15(10-16)9-14-4-6-17(25)11-19(14)24)21(28)27-12-22(29,13-27)20-3-1-2-8-26-20/h4-7,10-11,20,26,29H,1-3,8-9,12-13H2/t20-/m0/s1. The summed E-state index contributed by atoms with van der Waals surface area (Å²) in [6.45, 7) is 1.38. The molecule has 2 aliphatic rings. The van der Waals surface area contributed by atoms with Crippen molar-refractivity contribution in [2.75, 3.05) is 19.6 Å². The van der Waals surface area contributed by atoms with Crippen molar-refractivity contribution >= 4 is 28.5 Å². The third-order valence-corrected chi connectivity index (χ3v) is 6.54. The van der Waals surface area contributed by atoms with Gasteiger partial charge in [0.05, 0.1) is 13.1 Å². The van der Waals surface area contributed by atoms with Gasteiger partial charge >= 0.3 is 0 Å². The molecule has 2 fully saturated rings. The van der Waals surface area contributed by atoms with E-state index in [1.54, 1.807) is 17.0 Å². The predicted molar refractivity (Wildman–Crippen MR) is 115 cm³/mol. The molecule has 2 aromatic rings. The number of benzene rings is 2. The number of carbonyl (C=O) groups is 1. The summed E-state index contributed by atoms with van der Waals surface area (Å²) >= 11 is 2.03. The summed E-state index contributed by atoms with van der Waals surface area (Å²) < 4.78 is 28.9. The van der Waals surface area contributed by atoms with E-state index in [1.807, 2.05) is 22.6 Å². The molecular weight excluding hydrogens is 489 g/mol. The topological polar surface area (TPSA) is 52.6 Å². The molecule has 0 aromatic heterocycles. The van der Waals surface area contributed by atoms with Gasteiger partial charge in [-0.05, 0) is 83.4 Å². The molecule has 29 heavy (non-hydrogen) atoms. The number of likely N-dealkylation sites (tertiary alicyclic amines) is 1. The summed E-state index contributed by atoms with van der Waals surface area (Å²) in [6.07, 6.45) is 3.19. The number of hydrogen-bond donors (Lipinski definition) is 2. The largest absolute Gasteiger partial charge is 0.385 e. The second-order valence-corrected chi connectivity index (χ2v) is 9.23. The summed E-state index contributed by atoms with van der Waals surface area (Å²) in [6, 6.07) is 8.85. The number of β-amino-alcohol motifs (C(OH)–C–C–N with tert-alkyl or cyclic N) is 1. The van der Waals surface area contributed by atoms with Gasteiger partial charge in [0.25, 0.3) is 5.91 Å². The molecule has 0 aliphatic carbocycles. The molecule has 4 rings (SSSR count). The van der Waals surface area contributed by atoms with Gasteiger partial charge in [0.15, 0.2) is 0 Å². The molecule has 4 nitrogen and oxygen atoms in total. The highest BCUT2D eigenvalue weighted by Gasteiger charge is 2.49. The first-order chi connectivity index (χ1) is 13.9. The quantitative estimate of drug-likeness (QED) is 0.618. The second-order valence-electron chi connectivity index (χ2n) is 7.98. The summed E-state index contributed by atoms with van der Waals surface area (Å²) in [5.41, 5.74) is 0.291. The van der Waals surface area contributed by atoms with Crippen LogP contribution in [0.15, 0.2) is 36.4 Å². The van der Waals surface area contributed by atoms with Gasteiger partial charge in [0.1, 0.15) is 17.2 Å². The Morgan fingerprint density at radius 1 is 1.17 bits per heavy atom. The Balaban J connectivity index is 1.52. The third kappa shape index (κ3) is 4.32.